The number of carbonyl (C=O) groups excluding carboxylic acids is 1. The molecular formula is C11H14N2O6. The minimum absolute atomic E-state index is 0.0365. The predicted octanol–water partition coefficient (Wildman–Crippen LogP) is 0.134. The van der Waals surface area contributed by atoms with Gasteiger partial charge in [0.25, 0.3) is 5.69 Å². The Balaban J connectivity index is 2.90. The van der Waals surface area contributed by atoms with Crippen molar-refractivity contribution in [3.8, 4) is 0 Å². The monoisotopic (exact) mass is 270 g/mol. The molecule has 0 radical (unpaired) electrons. The summed E-state index contributed by atoms with van der Waals surface area (Å²) in [6.07, 6.45) is -3.25. The molecule has 8 nitrogen and oxygen atoms in total. The Bertz CT molecular complexity index is 490. The van der Waals surface area contributed by atoms with Crippen LogP contribution in [-0.4, -0.2) is 34.3 Å². The third-order valence-corrected chi connectivity index (χ3v) is 2.57. The van der Waals surface area contributed by atoms with E-state index in [-0.39, 0.29) is 16.9 Å². The van der Waals surface area contributed by atoms with Gasteiger partial charge in [-0.15, -0.1) is 0 Å². The van der Waals surface area contributed by atoms with E-state index in [4.69, 9.17) is 5.73 Å². The Kier molecular flexibility index (Phi) is 4.79. The molecule has 0 aromatic heterocycles. The molecular weight excluding hydrogens is 256 g/mol. The summed E-state index contributed by atoms with van der Waals surface area (Å²) in [5.41, 5.74) is 5.42. The lowest BCUT2D eigenvalue weighted by Crippen LogP contribution is -2.23. The highest BCUT2D eigenvalue weighted by molar-refractivity contribution is 5.70. The van der Waals surface area contributed by atoms with Gasteiger partial charge in [0.1, 0.15) is 6.10 Å². The zero-order valence-electron chi connectivity index (χ0n) is 10.1. The minimum atomic E-state index is -1.43. The SMILES string of the molecule is COC(=O)CC(O)C(O)c1ccc([N+](=O)[O-])cc1N. The lowest BCUT2D eigenvalue weighted by atomic mass is 10.00. The van der Waals surface area contributed by atoms with Gasteiger partial charge in [-0.3, -0.25) is 14.9 Å². The van der Waals surface area contributed by atoms with Crippen molar-refractivity contribution >= 4 is 17.3 Å². The number of benzene rings is 1. The van der Waals surface area contributed by atoms with E-state index < -0.39 is 29.5 Å². The van der Waals surface area contributed by atoms with Crippen LogP contribution in [0.15, 0.2) is 18.2 Å². The van der Waals surface area contributed by atoms with Crippen LogP contribution < -0.4 is 5.73 Å². The number of nitrogens with zero attached hydrogens (tertiary/aromatic N) is 1. The molecule has 4 N–H and O–H groups in total. The first-order chi connectivity index (χ1) is 8.86. The van der Waals surface area contributed by atoms with Crippen LogP contribution in [0.3, 0.4) is 0 Å². The Labute approximate surface area is 108 Å². The van der Waals surface area contributed by atoms with E-state index in [0.29, 0.717) is 0 Å². The van der Waals surface area contributed by atoms with Gasteiger partial charge in [-0.25, -0.2) is 0 Å². The van der Waals surface area contributed by atoms with Crippen LogP contribution in [0, 0.1) is 10.1 Å². The van der Waals surface area contributed by atoms with Crippen molar-refractivity contribution in [2.24, 2.45) is 0 Å². The van der Waals surface area contributed by atoms with Crippen LogP contribution in [0.4, 0.5) is 11.4 Å². The van der Waals surface area contributed by atoms with Crippen molar-refractivity contribution < 1.29 is 24.7 Å². The van der Waals surface area contributed by atoms with E-state index in [2.05, 4.69) is 4.74 Å². The molecule has 2 unspecified atom stereocenters. The Hall–Kier alpha value is -2.19. The largest absolute Gasteiger partial charge is 0.469 e. The molecule has 0 heterocycles. The highest BCUT2D eigenvalue weighted by Crippen LogP contribution is 2.28. The molecule has 19 heavy (non-hydrogen) atoms. The molecule has 2 atom stereocenters. The number of methoxy groups -OCH3 is 1. The number of hydrogen-bond donors (Lipinski definition) is 3. The smallest absolute Gasteiger partial charge is 0.308 e. The predicted molar refractivity (Wildman–Crippen MR) is 65.1 cm³/mol. The number of anilines is 1. The molecule has 0 spiro atoms. The highest BCUT2D eigenvalue weighted by atomic mass is 16.6. The zero-order valence-corrected chi connectivity index (χ0v) is 10.1. The van der Waals surface area contributed by atoms with E-state index in [1.54, 1.807) is 0 Å². The molecule has 0 saturated heterocycles. The van der Waals surface area contributed by atoms with E-state index in [1.165, 1.54) is 6.07 Å². The lowest BCUT2D eigenvalue weighted by molar-refractivity contribution is -0.384. The maximum absolute atomic E-state index is 11.0. The number of nitrogens with two attached hydrogens (primary N) is 1. The molecule has 104 valence electrons. The van der Waals surface area contributed by atoms with Crippen LogP contribution in [0.1, 0.15) is 18.1 Å². The maximum atomic E-state index is 11.0. The van der Waals surface area contributed by atoms with Gasteiger partial charge in [0.15, 0.2) is 0 Å². The summed E-state index contributed by atoms with van der Waals surface area (Å²) in [7, 11) is 1.15. The highest BCUT2D eigenvalue weighted by Gasteiger charge is 2.24. The first-order valence-corrected chi connectivity index (χ1v) is 5.33. The van der Waals surface area contributed by atoms with Crippen molar-refractivity contribution in [3.63, 3.8) is 0 Å². The summed E-state index contributed by atoms with van der Waals surface area (Å²) in [6.45, 7) is 0. The van der Waals surface area contributed by atoms with Crippen LogP contribution >= 0.6 is 0 Å². The number of aliphatic hydroxyl groups is 2. The van der Waals surface area contributed by atoms with Crippen LogP contribution in [0.5, 0.6) is 0 Å². The number of carbonyl (C=O) groups is 1. The van der Waals surface area contributed by atoms with Crippen molar-refractivity contribution in [2.45, 2.75) is 18.6 Å². The molecule has 1 aromatic carbocycles. The molecule has 0 aliphatic heterocycles. The molecule has 0 bridgehead atoms. The Morgan fingerprint density at radius 2 is 2.16 bits per heavy atom. The second-order valence-corrected chi connectivity index (χ2v) is 3.86. The molecule has 8 heteroatoms. The number of nitro benzene ring substituents is 1. The van der Waals surface area contributed by atoms with E-state index in [0.717, 1.165) is 19.2 Å². The van der Waals surface area contributed by atoms with Gasteiger partial charge in [0.05, 0.1) is 24.6 Å². The fourth-order valence-electron chi connectivity index (χ4n) is 1.52. The number of non-ortho nitro benzene ring substituents is 1. The number of ether oxygens (including phenoxy) is 1. The van der Waals surface area contributed by atoms with E-state index in [9.17, 15) is 25.1 Å². The standard InChI is InChI=1S/C11H14N2O6/c1-19-10(15)5-9(14)11(16)7-3-2-6(13(17)18)4-8(7)12/h2-4,9,11,14,16H,5,12H2,1H3. The van der Waals surface area contributed by atoms with Crippen molar-refractivity contribution in [2.75, 3.05) is 12.8 Å². The number of nitrogen functional groups attached to an aromatic ring is 1. The molecule has 0 amide bonds. The van der Waals surface area contributed by atoms with Gasteiger partial charge in [0.2, 0.25) is 0 Å². The molecule has 0 fully saturated rings. The third-order valence-electron chi connectivity index (χ3n) is 2.57. The van der Waals surface area contributed by atoms with Gasteiger partial charge < -0.3 is 20.7 Å². The van der Waals surface area contributed by atoms with Crippen LogP contribution in [0.25, 0.3) is 0 Å². The number of hydrogen-bond acceptors (Lipinski definition) is 7. The third kappa shape index (κ3) is 3.63. The van der Waals surface area contributed by atoms with Gasteiger partial charge in [0, 0.05) is 23.4 Å². The summed E-state index contributed by atoms with van der Waals surface area (Å²) in [4.78, 5) is 20.9. The number of rotatable bonds is 5. The number of aliphatic hydroxyl groups excluding tert-OH is 2. The zero-order chi connectivity index (χ0) is 14.6. The fourth-order valence-corrected chi connectivity index (χ4v) is 1.52. The first kappa shape index (κ1) is 14.9. The second-order valence-electron chi connectivity index (χ2n) is 3.86. The molecule has 1 aromatic rings. The summed E-state index contributed by atoms with van der Waals surface area (Å²) >= 11 is 0. The summed E-state index contributed by atoms with van der Waals surface area (Å²) in [5.74, 6) is -0.688. The normalized spacial score (nSPS) is 13.6. The lowest BCUT2D eigenvalue weighted by Gasteiger charge is -2.18. The van der Waals surface area contributed by atoms with Crippen molar-refractivity contribution in [1.82, 2.24) is 0 Å². The van der Waals surface area contributed by atoms with Gasteiger partial charge in [-0.1, -0.05) is 0 Å². The average Bonchev–Trinajstić information content (AvgIpc) is 2.37. The fraction of sp³-hybridized carbons (Fsp3) is 0.364. The summed E-state index contributed by atoms with van der Waals surface area (Å²) in [5, 5.41) is 30.0. The van der Waals surface area contributed by atoms with Gasteiger partial charge in [-0.2, -0.15) is 0 Å². The van der Waals surface area contributed by atoms with Gasteiger partial charge in [-0.05, 0) is 6.07 Å². The number of nitro groups is 1. The van der Waals surface area contributed by atoms with E-state index >= 15 is 0 Å². The average molecular weight is 270 g/mol. The van der Waals surface area contributed by atoms with Crippen LogP contribution in [-0.2, 0) is 9.53 Å². The topological polar surface area (TPSA) is 136 Å². The Morgan fingerprint density at radius 3 is 2.63 bits per heavy atom. The first-order valence-electron chi connectivity index (χ1n) is 5.33. The van der Waals surface area contributed by atoms with Crippen LogP contribution in [0.2, 0.25) is 0 Å². The quantitative estimate of drug-likeness (QED) is 0.299. The van der Waals surface area contributed by atoms with E-state index in [1.807, 2.05) is 0 Å². The van der Waals surface area contributed by atoms with Crippen molar-refractivity contribution in [1.29, 1.82) is 0 Å². The number of esters is 1. The molecule has 0 aliphatic carbocycles. The second kappa shape index (κ2) is 6.12. The Morgan fingerprint density at radius 1 is 1.53 bits per heavy atom. The molecule has 0 saturated carbocycles. The molecule has 1 rings (SSSR count). The molecule has 0 aliphatic rings. The maximum Gasteiger partial charge on any atom is 0.308 e. The minimum Gasteiger partial charge on any atom is -0.469 e. The van der Waals surface area contributed by atoms with Gasteiger partial charge >= 0.3 is 5.97 Å². The van der Waals surface area contributed by atoms with Crippen molar-refractivity contribution in [3.05, 3.63) is 33.9 Å². The summed E-state index contributed by atoms with van der Waals surface area (Å²) in [6, 6.07) is 3.46. The summed E-state index contributed by atoms with van der Waals surface area (Å²) < 4.78 is 4.36.